The average molecular weight is 432 g/mol. The summed E-state index contributed by atoms with van der Waals surface area (Å²) in [6.07, 6.45) is 4.52. The maximum absolute atomic E-state index is 14.3. The van der Waals surface area contributed by atoms with E-state index in [0.29, 0.717) is 22.7 Å². The van der Waals surface area contributed by atoms with Gasteiger partial charge in [0.1, 0.15) is 5.82 Å². The van der Waals surface area contributed by atoms with E-state index in [4.69, 9.17) is 0 Å². The van der Waals surface area contributed by atoms with Gasteiger partial charge in [-0.25, -0.2) is 4.39 Å². The standard InChI is InChI=1S/C27H26FNOS/c1-18-17-20(27(30)29-21-9-3-4-10-21)15-16-25(18)31-26-14-8-6-12-23(26)19(2)22-11-5-7-13-24(22)28/h5-8,11-17,21H,2-4,9-10H2,1H3,(H,29,30). The predicted octanol–water partition coefficient (Wildman–Crippen LogP) is 7.02. The molecule has 0 radical (unpaired) electrons. The molecule has 31 heavy (non-hydrogen) atoms. The second-order valence-corrected chi connectivity index (χ2v) is 9.08. The zero-order chi connectivity index (χ0) is 21.8. The molecule has 3 aromatic rings. The van der Waals surface area contributed by atoms with Crippen LogP contribution in [-0.4, -0.2) is 11.9 Å². The Morgan fingerprint density at radius 2 is 1.65 bits per heavy atom. The molecule has 0 bridgehead atoms. The van der Waals surface area contributed by atoms with Crippen LogP contribution >= 0.6 is 11.8 Å². The molecule has 4 heteroatoms. The van der Waals surface area contributed by atoms with Crippen molar-refractivity contribution in [3.05, 3.63) is 101 Å². The van der Waals surface area contributed by atoms with E-state index in [2.05, 4.69) is 11.9 Å². The van der Waals surface area contributed by atoms with Gasteiger partial charge in [-0.1, -0.05) is 67.6 Å². The molecule has 1 aliphatic rings. The molecule has 1 N–H and O–H groups in total. The smallest absolute Gasteiger partial charge is 0.251 e. The van der Waals surface area contributed by atoms with E-state index in [1.165, 1.54) is 18.9 Å². The Balaban J connectivity index is 1.55. The number of carbonyl (C=O) groups is 1. The van der Waals surface area contributed by atoms with Gasteiger partial charge in [-0.2, -0.15) is 0 Å². The molecule has 0 atom stereocenters. The Labute approximate surface area is 187 Å². The van der Waals surface area contributed by atoms with E-state index in [1.54, 1.807) is 23.9 Å². The summed E-state index contributed by atoms with van der Waals surface area (Å²) in [4.78, 5) is 14.7. The van der Waals surface area contributed by atoms with Crippen molar-refractivity contribution in [2.24, 2.45) is 0 Å². The number of benzene rings is 3. The molecule has 158 valence electrons. The third-order valence-electron chi connectivity index (χ3n) is 5.76. The SMILES string of the molecule is C=C(c1ccccc1F)c1ccccc1Sc1ccc(C(=O)NC2CCCC2)cc1C. The number of amides is 1. The number of halogens is 1. The minimum Gasteiger partial charge on any atom is -0.349 e. The summed E-state index contributed by atoms with van der Waals surface area (Å²) in [6, 6.07) is 20.7. The zero-order valence-corrected chi connectivity index (χ0v) is 18.5. The molecule has 1 amide bonds. The van der Waals surface area contributed by atoms with Gasteiger partial charge in [0.15, 0.2) is 0 Å². The van der Waals surface area contributed by atoms with Gasteiger partial charge in [0.2, 0.25) is 0 Å². The molecule has 0 saturated heterocycles. The molecule has 3 aromatic carbocycles. The Hall–Kier alpha value is -2.85. The predicted molar refractivity (Wildman–Crippen MR) is 126 cm³/mol. The molecular weight excluding hydrogens is 405 g/mol. The number of carbonyl (C=O) groups excluding carboxylic acids is 1. The van der Waals surface area contributed by atoms with E-state index in [0.717, 1.165) is 33.8 Å². The lowest BCUT2D eigenvalue weighted by Gasteiger charge is -2.15. The molecule has 0 spiro atoms. The summed E-state index contributed by atoms with van der Waals surface area (Å²) < 4.78 is 14.3. The highest BCUT2D eigenvalue weighted by Gasteiger charge is 2.19. The van der Waals surface area contributed by atoms with Crippen LogP contribution in [0.5, 0.6) is 0 Å². The lowest BCUT2D eigenvalue weighted by molar-refractivity contribution is 0.0937. The van der Waals surface area contributed by atoms with Crippen LogP contribution in [-0.2, 0) is 0 Å². The van der Waals surface area contributed by atoms with Gasteiger partial charge in [-0.05, 0) is 66.8 Å². The zero-order valence-electron chi connectivity index (χ0n) is 17.7. The Morgan fingerprint density at radius 3 is 2.35 bits per heavy atom. The van der Waals surface area contributed by atoms with Crippen LogP contribution in [0.3, 0.4) is 0 Å². The molecule has 2 nitrogen and oxygen atoms in total. The molecule has 1 saturated carbocycles. The van der Waals surface area contributed by atoms with E-state index in [9.17, 15) is 9.18 Å². The van der Waals surface area contributed by atoms with Crippen molar-refractivity contribution in [2.75, 3.05) is 0 Å². The number of aryl methyl sites for hydroxylation is 1. The van der Waals surface area contributed by atoms with Crippen LogP contribution < -0.4 is 5.32 Å². The highest BCUT2D eigenvalue weighted by Crippen LogP contribution is 2.37. The summed E-state index contributed by atoms with van der Waals surface area (Å²) in [5, 5.41) is 3.15. The van der Waals surface area contributed by atoms with E-state index in [-0.39, 0.29) is 11.7 Å². The molecule has 0 aromatic heterocycles. The fourth-order valence-corrected chi connectivity index (χ4v) is 5.06. The van der Waals surface area contributed by atoms with Gasteiger partial charge in [-0.15, -0.1) is 0 Å². The number of rotatable bonds is 6. The molecular formula is C27H26FNOS. The van der Waals surface area contributed by atoms with Crippen LogP contribution in [0, 0.1) is 12.7 Å². The first-order valence-corrected chi connectivity index (χ1v) is 11.5. The topological polar surface area (TPSA) is 29.1 Å². The van der Waals surface area contributed by atoms with Gasteiger partial charge in [0, 0.05) is 27.0 Å². The van der Waals surface area contributed by atoms with Crippen molar-refractivity contribution in [2.45, 2.75) is 48.4 Å². The molecule has 4 rings (SSSR count). The van der Waals surface area contributed by atoms with Gasteiger partial charge in [-0.3, -0.25) is 4.79 Å². The van der Waals surface area contributed by atoms with Gasteiger partial charge in [0.25, 0.3) is 5.91 Å². The lowest BCUT2D eigenvalue weighted by atomic mass is 9.99. The monoisotopic (exact) mass is 431 g/mol. The normalized spacial score (nSPS) is 13.9. The van der Waals surface area contributed by atoms with Crippen molar-refractivity contribution < 1.29 is 9.18 Å². The minimum absolute atomic E-state index is 0.000110. The Kier molecular flexibility index (Phi) is 6.57. The van der Waals surface area contributed by atoms with Gasteiger partial charge >= 0.3 is 0 Å². The molecule has 0 heterocycles. The third-order valence-corrected chi connectivity index (χ3v) is 7.01. The largest absolute Gasteiger partial charge is 0.349 e. The van der Waals surface area contributed by atoms with Crippen LogP contribution in [0.1, 0.15) is 52.7 Å². The van der Waals surface area contributed by atoms with Crippen molar-refractivity contribution in [3.8, 4) is 0 Å². The highest BCUT2D eigenvalue weighted by molar-refractivity contribution is 7.99. The van der Waals surface area contributed by atoms with Crippen molar-refractivity contribution in [1.29, 1.82) is 0 Å². The summed E-state index contributed by atoms with van der Waals surface area (Å²) in [7, 11) is 0. The average Bonchev–Trinajstić information content (AvgIpc) is 3.28. The minimum atomic E-state index is -0.277. The lowest BCUT2D eigenvalue weighted by Crippen LogP contribution is -2.32. The Morgan fingerprint density at radius 1 is 0.968 bits per heavy atom. The summed E-state index contributed by atoms with van der Waals surface area (Å²) in [6.45, 7) is 6.18. The second-order valence-electron chi connectivity index (χ2n) is 7.99. The van der Waals surface area contributed by atoms with Gasteiger partial charge < -0.3 is 5.32 Å². The summed E-state index contributed by atoms with van der Waals surface area (Å²) >= 11 is 1.61. The van der Waals surface area contributed by atoms with Crippen LogP contribution in [0.25, 0.3) is 5.57 Å². The number of hydrogen-bond acceptors (Lipinski definition) is 2. The van der Waals surface area contributed by atoms with Crippen LogP contribution in [0.15, 0.2) is 83.1 Å². The second kappa shape index (κ2) is 9.52. The first kappa shape index (κ1) is 21.4. The third kappa shape index (κ3) is 4.91. The van der Waals surface area contributed by atoms with E-state index >= 15 is 0 Å². The summed E-state index contributed by atoms with van der Waals surface area (Å²) in [5.41, 5.74) is 3.80. The van der Waals surface area contributed by atoms with Crippen LogP contribution in [0.4, 0.5) is 4.39 Å². The van der Waals surface area contributed by atoms with Crippen molar-refractivity contribution in [3.63, 3.8) is 0 Å². The van der Waals surface area contributed by atoms with Crippen molar-refractivity contribution >= 4 is 23.2 Å². The maximum Gasteiger partial charge on any atom is 0.251 e. The molecule has 0 unspecified atom stereocenters. The molecule has 1 fully saturated rings. The van der Waals surface area contributed by atoms with Crippen molar-refractivity contribution in [1.82, 2.24) is 5.32 Å². The number of nitrogens with one attached hydrogen (secondary N) is 1. The van der Waals surface area contributed by atoms with Gasteiger partial charge in [0.05, 0.1) is 0 Å². The first-order chi connectivity index (χ1) is 15.0. The Bertz CT molecular complexity index is 1120. The van der Waals surface area contributed by atoms with E-state index in [1.807, 2.05) is 55.5 Å². The number of hydrogen-bond donors (Lipinski definition) is 1. The first-order valence-electron chi connectivity index (χ1n) is 10.7. The maximum atomic E-state index is 14.3. The molecule has 1 aliphatic carbocycles. The fourth-order valence-electron chi connectivity index (χ4n) is 4.02. The van der Waals surface area contributed by atoms with E-state index < -0.39 is 0 Å². The quantitative estimate of drug-likeness (QED) is 0.454. The fraction of sp³-hybridized carbons (Fsp3) is 0.222. The van der Waals surface area contributed by atoms with Crippen LogP contribution in [0.2, 0.25) is 0 Å². The molecule has 0 aliphatic heterocycles. The highest BCUT2D eigenvalue weighted by atomic mass is 32.2. The summed E-state index contributed by atoms with van der Waals surface area (Å²) in [5.74, 6) is -0.277.